The van der Waals surface area contributed by atoms with Gasteiger partial charge in [-0.05, 0) is 18.8 Å². The van der Waals surface area contributed by atoms with Crippen molar-refractivity contribution >= 4 is 16.2 Å². The molecular weight excluding hydrogens is 256 g/mol. The molecular formula is C11H22N2O4S. The fraction of sp³-hybridized carbons (Fsp3) is 0.909. The average Bonchev–Trinajstić information content (AvgIpc) is 3.15. The molecule has 7 heteroatoms. The third-order valence-electron chi connectivity index (χ3n) is 3.09. The van der Waals surface area contributed by atoms with Gasteiger partial charge in [0.2, 0.25) is 0 Å². The summed E-state index contributed by atoms with van der Waals surface area (Å²) in [5, 5.41) is 0. The second-order valence-corrected chi connectivity index (χ2v) is 6.58. The van der Waals surface area contributed by atoms with Gasteiger partial charge in [-0.15, -0.1) is 0 Å². The van der Waals surface area contributed by atoms with Gasteiger partial charge >= 0.3 is 5.97 Å². The summed E-state index contributed by atoms with van der Waals surface area (Å²) in [4.78, 5) is 11.0. The zero-order chi connectivity index (χ0) is 13.8. The van der Waals surface area contributed by atoms with Gasteiger partial charge in [0.05, 0.1) is 13.5 Å². The summed E-state index contributed by atoms with van der Waals surface area (Å²) in [6.07, 6.45) is 2.29. The standard InChI is InChI=1S/C11H22N2O4S/c1-4-13(9-10-5-6-10)18(15,16)12(2)8-7-11(14)17-3/h10H,4-9H2,1-3H3. The van der Waals surface area contributed by atoms with E-state index in [9.17, 15) is 13.2 Å². The monoisotopic (exact) mass is 278 g/mol. The summed E-state index contributed by atoms with van der Waals surface area (Å²) in [5.41, 5.74) is 0. The molecule has 1 saturated carbocycles. The molecule has 0 aliphatic heterocycles. The van der Waals surface area contributed by atoms with E-state index in [-0.39, 0.29) is 13.0 Å². The maximum atomic E-state index is 12.2. The Morgan fingerprint density at radius 2 is 2.00 bits per heavy atom. The van der Waals surface area contributed by atoms with Crippen LogP contribution in [0.25, 0.3) is 0 Å². The highest BCUT2D eigenvalue weighted by molar-refractivity contribution is 7.86. The van der Waals surface area contributed by atoms with E-state index in [0.717, 1.165) is 12.8 Å². The van der Waals surface area contributed by atoms with Gasteiger partial charge in [0.15, 0.2) is 0 Å². The van der Waals surface area contributed by atoms with E-state index >= 15 is 0 Å². The van der Waals surface area contributed by atoms with Crippen LogP contribution in [0.3, 0.4) is 0 Å². The molecule has 0 aromatic heterocycles. The van der Waals surface area contributed by atoms with Crippen molar-refractivity contribution in [1.82, 2.24) is 8.61 Å². The Bertz CT molecular complexity index is 379. The van der Waals surface area contributed by atoms with Crippen LogP contribution in [0.4, 0.5) is 0 Å². The van der Waals surface area contributed by atoms with Gasteiger partial charge in [0.25, 0.3) is 10.2 Å². The first-order chi connectivity index (χ1) is 8.41. The molecule has 1 fully saturated rings. The van der Waals surface area contributed by atoms with Gasteiger partial charge in [-0.25, -0.2) is 0 Å². The lowest BCUT2D eigenvalue weighted by molar-refractivity contribution is -0.140. The highest BCUT2D eigenvalue weighted by atomic mass is 32.2. The Hall–Kier alpha value is -0.660. The van der Waals surface area contributed by atoms with Crippen molar-refractivity contribution in [2.45, 2.75) is 26.2 Å². The number of carbonyl (C=O) groups excluding carboxylic acids is 1. The fourth-order valence-electron chi connectivity index (χ4n) is 1.64. The second kappa shape index (κ2) is 6.49. The number of carbonyl (C=O) groups is 1. The first-order valence-corrected chi connectivity index (χ1v) is 7.59. The lowest BCUT2D eigenvalue weighted by Crippen LogP contribution is -2.43. The van der Waals surface area contributed by atoms with E-state index < -0.39 is 16.2 Å². The van der Waals surface area contributed by atoms with Crippen LogP contribution in [0.15, 0.2) is 0 Å². The highest BCUT2D eigenvalue weighted by Crippen LogP contribution is 2.30. The summed E-state index contributed by atoms with van der Waals surface area (Å²) < 4.78 is 31.6. The molecule has 1 rings (SSSR count). The highest BCUT2D eigenvalue weighted by Gasteiger charge is 2.32. The summed E-state index contributed by atoms with van der Waals surface area (Å²) in [6.45, 7) is 3.02. The van der Waals surface area contributed by atoms with E-state index in [4.69, 9.17) is 0 Å². The molecule has 1 aliphatic carbocycles. The van der Waals surface area contributed by atoms with Crippen molar-refractivity contribution < 1.29 is 17.9 Å². The molecule has 0 unspecified atom stereocenters. The lowest BCUT2D eigenvalue weighted by atomic mass is 10.4. The van der Waals surface area contributed by atoms with Crippen LogP contribution in [0, 0.1) is 5.92 Å². The van der Waals surface area contributed by atoms with Gasteiger partial charge in [-0.2, -0.15) is 17.0 Å². The van der Waals surface area contributed by atoms with Crippen molar-refractivity contribution in [2.24, 2.45) is 5.92 Å². The van der Waals surface area contributed by atoms with E-state index in [1.54, 1.807) is 0 Å². The number of rotatable bonds is 8. The molecule has 0 spiro atoms. The minimum atomic E-state index is -3.45. The van der Waals surface area contributed by atoms with Crippen molar-refractivity contribution in [2.75, 3.05) is 33.8 Å². The van der Waals surface area contributed by atoms with Crippen molar-refractivity contribution in [3.63, 3.8) is 0 Å². The Morgan fingerprint density at radius 1 is 1.39 bits per heavy atom. The predicted molar refractivity (Wildman–Crippen MR) is 68.2 cm³/mol. The third kappa shape index (κ3) is 4.22. The number of hydrogen-bond acceptors (Lipinski definition) is 4. The smallest absolute Gasteiger partial charge is 0.306 e. The minimum Gasteiger partial charge on any atom is -0.469 e. The molecule has 0 atom stereocenters. The van der Waals surface area contributed by atoms with E-state index in [1.165, 1.54) is 22.8 Å². The molecule has 0 amide bonds. The summed E-state index contributed by atoms with van der Waals surface area (Å²) in [5.74, 6) is 0.107. The largest absolute Gasteiger partial charge is 0.469 e. The van der Waals surface area contributed by atoms with Crippen LogP contribution in [0.1, 0.15) is 26.2 Å². The first-order valence-electron chi connectivity index (χ1n) is 6.20. The maximum absolute atomic E-state index is 12.2. The summed E-state index contributed by atoms with van der Waals surface area (Å²) in [7, 11) is -0.663. The number of ether oxygens (including phenoxy) is 1. The normalized spacial score (nSPS) is 16.3. The topological polar surface area (TPSA) is 66.9 Å². The predicted octanol–water partition coefficient (Wildman–Crippen LogP) is 0.458. The Labute approximate surface area is 109 Å². The van der Waals surface area contributed by atoms with Crippen LogP contribution in [0.5, 0.6) is 0 Å². The van der Waals surface area contributed by atoms with Gasteiger partial charge in [-0.1, -0.05) is 6.92 Å². The molecule has 1 aliphatic rings. The van der Waals surface area contributed by atoms with Gasteiger partial charge in [-0.3, -0.25) is 4.79 Å². The molecule has 0 radical (unpaired) electrons. The van der Waals surface area contributed by atoms with Crippen molar-refractivity contribution in [3.05, 3.63) is 0 Å². The maximum Gasteiger partial charge on any atom is 0.306 e. The van der Waals surface area contributed by atoms with Crippen LogP contribution >= 0.6 is 0 Å². The van der Waals surface area contributed by atoms with Gasteiger partial charge in [0, 0.05) is 26.7 Å². The number of nitrogens with zero attached hydrogens (tertiary/aromatic N) is 2. The summed E-state index contributed by atoms with van der Waals surface area (Å²) >= 11 is 0. The third-order valence-corrected chi connectivity index (χ3v) is 5.12. The number of esters is 1. The molecule has 0 aromatic rings. The molecule has 106 valence electrons. The Balaban J connectivity index is 2.55. The number of hydrogen-bond donors (Lipinski definition) is 0. The molecule has 0 aromatic carbocycles. The van der Waals surface area contributed by atoms with Crippen LogP contribution in [-0.4, -0.2) is 56.8 Å². The van der Waals surface area contributed by atoms with Gasteiger partial charge in [0.1, 0.15) is 0 Å². The zero-order valence-corrected chi connectivity index (χ0v) is 12.1. The zero-order valence-electron chi connectivity index (χ0n) is 11.3. The van der Waals surface area contributed by atoms with Crippen molar-refractivity contribution in [3.8, 4) is 0 Å². The van der Waals surface area contributed by atoms with Crippen LogP contribution in [-0.2, 0) is 19.7 Å². The number of methoxy groups -OCH3 is 1. The molecule has 0 heterocycles. The first kappa shape index (κ1) is 15.4. The second-order valence-electron chi connectivity index (χ2n) is 4.55. The Morgan fingerprint density at radius 3 is 2.44 bits per heavy atom. The molecule has 0 saturated heterocycles. The van der Waals surface area contributed by atoms with Gasteiger partial charge < -0.3 is 4.74 Å². The average molecular weight is 278 g/mol. The van der Waals surface area contributed by atoms with Crippen LogP contribution < -0.4 is 0 Å². The Kier molecular flexibility index (Phi) is 5.55. The minimum absolute atomic E-state index is 0.0766. The molecule has 6 nitrogen and oxygen atoms in total. The van der Waals surface area contributed by atoms with E-state index in [2.05, 4.69) is 4.74 Å². The fourth-order valence-corrected chi connectivity index (χ4v) is 3.08. The van der Waals surface area contributed by atoms with Crippen LogP contribution in [0.2, 0.25) is 0 Å². The quantitative estimate of drug-likeness (QED) is 0.605. The summed E-state index contributed by atoms with van der Waals surface area (Å²) in [6, 6.07) is 0. The molecule has 0 bridgehead atoms. The molecule has 18 heavy (non-hydrogen) atoms. The molecule has 0 N–H and O–H groups in total. The SMILES string of the molecule is CCN(CC1CC1)S(=O)(=O)N(C)CCC(=O)OC. The lowest BCUT2D eigenvalue weighted by Gasteiger charge is -2.26. The van der Waals surface area contributed by atoms with E-state index in [0.29, 0.717) is 19.0 Å². The van der Waals surface area contributed by atoms with E-state index in [1.807, 2.05) is 6.92 Å². The van der Waals surface area contributed by atoms with Crippen molar-refractivity contribution in [1.29, 1.82) is 0 Å².